The van der Waals surface area contributed by atoms with Crippen LogP contribution in [0.1, 0.15) is 46.4 Å². The molecule has 3 rings (SSSR count). The first-order chi connectivity index (χ1) is 19.9. The van der Waals surface area contributed by atoms with Gasteiger partial charge < -0.3 is 24.1 Å². The summed E-state index contributed by atoms with van der Waals surface area (Å²) in [5, 5.41) is 2.29. The van der Waals surface area contributed by atoms with Gasteiger partial charge in [-0.3, -0.25) is 9.59 Å². The molecule has 2 amide bonds. The quantitative estimate of drug-likeness (QED) is 0.233. The highest BCUT2D eigenvalue weighted by Gasteiger charge is 2.29. The number of thiazole rings is 1. The fourth-order valence-corrected chi connectivity index (χ4v) is 7.02. The van der Waals surface area contributed by atoms with Crippen molar-refractivity contribution in [1.29, 1.82) is 0 Å². The number of carbonyl (C=O) groups is 4. The van der Waals surface area contributed by atoms with Crippen molar-refractivity contribution in [3.63, 3.8) is 0 Å². The second-order valence-electron chi connectivity index (χ2n) is 8.52. The third-order valence-electron chi connectivity index (χ3n) is 5.47. The number of nitrogens with one attached hydrogen (secondary N) is 1. The van der Waals surface area contributed by atoms with E-state index in [2.05, 4.69) is 16.2 Å². The molecule has 42 heavy (non-hydrogen) atoms. The van der Waals surface area contributed by atoms with Crippen LogP contribution in [0.15, 0.2) is 23.2 Å². The summed E-state index contributed by atoms with van der Waals surface area (Å²) in [6.45, 7) is 7.20. The number of terminal acetylenes is 1. The molecule has 2 heterocycles. The van der Waals surface area contributed by atoms with E-state index in [0.717, 1.165) is 27.4 Å². The van der Waals surface area contributed by atoms with Crippen LogP contribution >= 0.6 is 22.7 Å². The van der Waals surface area contributed by atoms with Crippen LogP contribution in [0.5, 0.6) is 5.75 Å². The van der Waals surface area contributed by atoms with Crippen LogP contribution < -0.4 is 14.9 Å². The van der Waals surface area contributed by atoms with Gasteiger partial charge in [-0.1, -0.05) is 17.3 Å². The van der Waals surface area contributed by atoms with Gasteiger partial charge in [0.25, 0.3) is 5.91 Å². The SMILES string of the molecule is C#CCn1c(=NC(=O)CS(=O)(=O)CC(=O)Nc2sc(C(=O)OCC)c(C)c2C(=O)OCC)sc2cc(OCC)ccc21. The Balaban J connectivity index is 1.82. The maximum absolute atomic E-state index is 12.8. The molecule has 3 aromatic rings. The van der Waals surface area contributed by atoms with Crippen molar-refractivity contribution in [2.24, 2.45) is 4.99 Å². The highest BCUT2D eigenvalue weighted by atomic mass is 32.2. The minimum absolute atomic E-state index is 0.0328. The Bertz CT molecular complexity index is 1740. The van der Waals surface area contributed by atoms with Crippen LogP contribution in [0.4, 0.5) is 5.00 Å². The molecule has 0 saturated heterocycles. The van der Waals surface area contributed by atoms with E-state index in [-0.39, 0.29) is 45.6 Å². The molecule has 0 fully saturated rings. The summed E-state index contributed by atoms with van der Waals surface area (Å²) >= 11 is 1.89. The van der Waals surface area contributed by atoms with Crippen LogP contribution in [0.2, 0.25) is 0 Å². The lowest BCUT2D eigenvalue weighted by molar-refractivity contribution is -0.115. The molecule has 12 nitrogen and oxygen atoms in total. The van der Waals surface area contributed by atoms with Crippen molar-refractivity contribution in [1.82, 2.24) is 4.57 Å². The highest BCUT2D eigenvalue weighted by Crippen LogP contribution is 2.34. The van der Waals surface area contributed by atoms with Crippen molar-refractivity contribution in [3.05, 3.63) is 39.0 Å². The number of ether oxygens (including phenoxy) is 3. The number of rotatable bonds is 12. The van der Waals surface area contributed by atoms with Gasteiger partial charge >= 0.3 is 11.9 Å². The molecular formula is C27H29N3O9S3. The maximum Gasteiger partial charge on any atom is 0.348 e. The number of hydrogen-bond acceptors (Lipinski definition) is 11. The van der Waals surface area contributed by atoms with Gasteiger partial charge in [0.2, 0.25) is 5.91 Å². The summed E-state index contributed by atoms with van der Waals surface area (Å²) in [4.78, 5) is 54.5. The van der Waals surface area contributed by atoms with E-state index in [0.29, 0.717) is 17.9 Å². The Morgan fingerprint density at radius 3 is 2.36 bits per heavy atom. The summed E-state index contributed by atoms with van der Waals surface area (Å²) in [5.74, 6) is -2.52. The first-order valence-corrected chi connectivity index (χ1v) is 16.1. The fraction of sp³-hybridized carbons (Fsp3) is 0.370. The number of sulfone groups is 1. The molecule has 2 aromatic heterocycles. The van der Waals surface area contributed by atoms with E-state index in [4.69, 9.17) is 20.6 Å². The molecule has 1 N–H and O–H groups in total. The summed E-state index contributed by atoms with van der Waals surface area (Å²) in [7, 11) is -4.28. The molecule has 0 atom stereocenters. The fourth-order valence-electron chi connectivity index (χ4n) is 3.82. The average molecular weight is 636 g/mol. The zero-order valence-electron chi connectivity index (χ0n) is 23.3. The number of esters is 2. The minimum atomic E-state index is -4.28. The Morgan fingerprint density at radius 1 is 1.02 bits per heavy atom. The van der Waals surface area contributed by atoms with E-state index < -0.39 is 45.1 Å². The number of thiophene rings is 1. The topological polar surface area (TPSA) is 159 Å². The van der Waals surface area contributed by atoms with Gasteiger partial charge in [0.15, 0.2) is 14.6 Å². The lowest BCUT2D eigenvalue weighted by Crippen LogP contribution is -2.28. The third-order valence-corrected chi connectivity index (χ3v) is 9.09. The number of anilines is 1. The normalized spacial score (nSPS) is 11.6. The number of carbonyl (C=O) groups excluding carboxylic acids is 4. The number of hydrogen-bond donors (Lipinski definition) is 1. The van der Waals surface area contributed by atoms with Crippen LogP contribution in [-0.4, -0.2) is 68.1 Å². The third kappa shape index (κ3) is 7.84. The van der Waals surface area contributed by atoms with Crippen LogP contribution in [-0.2, 0) is 35.4 Å². The number of amides is 2. The summed E-state index contributed by atoms with van der Waals surface area (Å²) in [6, 6.07) is 5.28. The largest absolute Gasteiger partial charge is 0.494 e. The lowest BCUT2D eigenvalue weighted by Gasteiger charge is -2.07. The average Bonchev–Trinajstić information content (AvgIpc) is 3.40. The number of aromatic nitrogens is 1. The molecule has 0 bridgehead atoms. The van der Waals surface area contributed by atoms with Gasteiger partial charge in [-0.15, -0.1) is 17.8 Å². The zero-order valence-corrected chi connectivity index (χ0v) is 25.8. The molecular weight excluding hydrogens is 607 g/mol. The van der Waals surface area contributed by atoms with Gasteiger partial charge in [-0.2, -0.15) is 4.99 Å². The summed E-state index contributed by atoms with van der Waals surface area (Å²) in [5.41, 5.74) is 0.832. The Morgan fingerprint density at radius 2 is 1.71 bits per heavy atom. The van der Waals surface area contributed by atoms with Crippen molar-refractivity contribution in [3.8, 4) is 18.1 Å². The number of nitrogens with zero attached hydrogens (tertiary/aromatic N) is 2. The van der Waals surface area contributed by atoms with Crippen molar-refractivity contribution < 1.29 is 41.8 Å². The molecule has 0 aliphatic rings. The van der Waals surface area contributed by atoms with E-state index in [1.165, 1.54) is 6.92 Å². The molecule has 1 aromatic carbocycles. The maximum atomic E-state index is 12.8. The minimum Gasteiger partial charge on any atom is -0.494 e. The number of fused-ring (bicyclic) bond motifs is 1. The van der Waals surface area contributed by atoms with Gasteiger partial charge in [-0.25, -0.2) is 18.0 Å². The van der Waals surface area contributed by atoms with E-state index >= 15 is 0 Å². The van der Waals surface area contributed by atoms with Gasteiger partial charge in [0.05, 0.1) is 42.1 Å². The standard InChI is InChI=1S/C27H29N3O9S3/c1-6-12-30-18-11-10-17(37-7-2)13-19(18)40-27(30)29-21(32)15-42(35,36)14-20(31)28-24-22(25(33)38-8-3)16(5)23(41-24)26(34)39-9-4/h1,10-11,13H,7-9,12,14-15H2,2-5H3,(H,28,31). The van der Waals surface area contributed by atoms with E-state index in [9.17, 15) is 27.6 Å². The van der Waals surface area contributed by atoms with Crippen LogP contribution in [0, 0.1) is 19.3 Å². The molecule has 0 radical (unpaired) electrons. The highest BCUT2D eigenvalue weighted by molar-refractivity contribution is 7.92. The van der Waals surface area contributed by atoms with Gasteiger partial charge in [-0.05, 0) is 51.5 Å². The molecule has 0 spiro atoms. The molecule has 0 aliphatic heterocycles. The predicted molar refractivity (Wildman–Crippen MR) is 159 cm³/mol. The smallest absolute Gasteiger partial charge is 0.348 e. The van der Waals surface area contributed by atoms with Crippen molar-refractivity contribution in [2.45, 2.75) is 34.2 Å². The van der Waals surface area contributed by atoms with Crippen molar-refractivity contribution >= 4 is 71.5 Å². The Hall–Kier alpha value is -4.00. The second kappa shape index (κ2) is 14.3. The lowest BCUT2D eigenvalue weighted by atomic mass is 10.1. The monoisotopic (exact) mass is 635 g/mol. The first-order valence-electron chi connectivity index (χ1n) is 12.7. The number of benzene rings is 1. The van der Waals surface area contributed by atoms with E-state index in [1.807, 2.05) is 6.92 Å². The molecule has 0 saturated carbocycles. The summed E-state index contributed by atoms with van der Waals surface area (Å²) < 4.78 is 43.4. The second-order valence-corrected chi connectivity index (χ2v) is 12.6. The van der Waals surface area contributed by atoms with Crippen LogP contribution in [0.25, 0.3) is 10.2 Å². The molecule has 224 valence electrons. The van der Waals surface area contributed by atoms with E-state index in [1.54, 1.807) is 36.6 Å². The molecule has 0 aliphatic carbocycles. The van der Waals surface area contributed by atoms with Gasteiger partial charge in [0, 0.05) is 0 Å². The Labute approximate surface area is 250 Å². The van der Waals surface area contributed by atoms with Crippen LogP contribution in [0.3, 0.4) is 0 Å². The van der Waals surface area contributed by atoms with Crippen molar-refractivity contribution in [2.75, 3.05) is 36.6 Å². The molecule has 0 unspecified atom stereocenters. The zero-order chi connectivity index (χ0) is 31.0. The van der Waals surface area contributed by atoms with Gasteiger partial charge in [0.1, 0.15) is 27.1 Å². The Kier molecular flexibility index (Phi) is 11.0. The first kappa shape index (κ1) is 32.5. The predicted octanol–water partition coefficient (Wildman–Crippen LogP) is 2.94. The molecule has 15 heteroatoms. The summed E-state index contributed by atoms with van der Waals surface area (Å²) in [6.07, 6.45) is 5.48.